The molecule has 0 atom stereocenters. The summed E-state index contributed by atoms with van der Waals surface area (Å²) in [5.74, 6) is 0. The first-order valence-electron chi connectivity index (χ1n) is 6.55. The Labute approximate surface area is 127 Å². The molecule has 0 bridgehead atoms. The zero-order valence-corrected chi connectivity index (χ0v) is 14.0. The molecule has 0 aliphatic rings. The van der Waals surface area contributed by atoms with Crippen molar-refractivity contribution in [1.82, 2.24) is 10.3 Å². The lowest BCUT2D eigenvalue weighted by molar-refractivity contribution is 0.798. The Morgan fingerprint density at radius 2 is 2.16 bits per heavy atom. The van der Waals surface area contributed by atoms with Gasteiger partial charge in [-0.1, -0.05) is 41.4 Å². The number of hydrogen-bond acceptors (Lipinski definition) is 3. The lowest BCUT2D eigenvalue weighted by Crippen LogP contribution is -2.05. The fraction of sp³-hybridized carbons (Fsp3) is 0.400. The van der Waals surface area contributed by atoms with Gasteiger partial charge in [0.05, 0.1) is 5.69 Å². The van der Waals surface area contributed by atoms with E-state index >= 15 is 0 Å². The second kappa shape index (κ2) is 6.64. The van der Waals surface area contributed by atoms with Crippen LogP contribution in [0.1, 0.15) is 29.5 Å². The van der Waals surface area contributed by atoms with Gasteiger partial charge < -0.3 is 5.32 Å². The van der Waals surface area contributed by atoms with Crippen molar-refractivity contribution in [2.75, 3.05) is 7.05 Å². The number of thiazole rings is 1. The van der Waals surface area contributed by atoms with Gasteiger partial charge in [-0.05, 0) is 32.0 Å². The summed E-state index contributed by atoms with van der Waals surface area (Å²) in [5.41, 5.74) is 3.69. The fourth-order valence-electron chi connectivity index (χ4n) is 2.02. The first kappa shape index (κ1) is 14.7. The zero-order valence-electron chi connectivity index (χ0n) is 11.6. The average molecular weight is 339 g/mol. The van der Waals surface area contributed by atoms with Crippen LogP contribution in [0.15, 0.2) is 22.7 Å². The van der Waals surface area contributed by atoms with Gasteiger partial charge in [0.1, 0.15) is 5.01 Å². The summed E-state index contributed by atoms with van der Waals surface area (Å²) in [4.78, 5) is 6.18. The molecule has 0 saturated heterocycles. The first-order chi connectivity index (χ1) is 9.15. The largest absolute Gasteiger partial charge is 0.315 e. The Hall–Kier alpha value is -0.710. The molecule has 1 heterocycles. The number of hydrogen-bond donors (Lipinski definition) is 1. The normalized spacial score (nSPS) is 10.9. The van der Waals surface area contributed by atoms with Gasteiger partial charge in [0, 0.05) is 21.5 Å². The van der Waals surface area contributed by atoms with Crippen LogP contribution in [0, 0.1) is 6.92 Å². The third-order valence-corrected chi connectivity index (χ3v) is 4.74. The molecule has 1 N–H and O–H groups in total. The number of aromatic nitrogens is 1. The van der Waals surface area contributed by atoms with Crippen LogP contribution >= 0.6 is 27.3 Å². The van der Waals surface area contributed by atoms with E-state index in [2.05, 4.69) is 53.3 Å². The fourth-order valence-corrected chi connectivity index (χ4v) is 3.99. The zero-order chi connectivity index (χ0) is 13.8. The Morgan fingerprint density at radius 3 is 2.79 bits per heavy atom. The Kier molecular flexibility index (Phi) is 5.13. The van der Waals surface area contributed by atoms with Crippen LogP contribution < -0.4 is 5.32 Å². The van der Waals surface area contributed by atoms with E-state index in [1.807, 2.05) is 7.05 Å². The molecule has 19 heavy (non-hydrogen) atoms. The molecule has 0 spiro atoms. The number of aryl methyl sites for hydroxylation is 2. The summed E-state index contributed by atoms with van der Waals surface area (Å²) in [6.45, 7) is 5.20. The Morgan fingerprint density at radius 1 is 1.37 bits per heavy atom. The molecule has 0 amide bonds. The van der Waals surface area contributed by atoms with Crippen molar-refractivity contribution in [3.63, 3.8) is 0 Å². The predicted molar refractivity (Wildman–Crippen MR) is 86.7 cm³/mol. The van der Waals surface area contributed by atoms with Crippen molar-refractivity contribution in [1.29, 1.82) is 0 Å². The highest BCUT2D eigenvalue weighted by Gasteiger charge is 2.13. The molecule has 102 valence electrons. The molecule has 4 heteroatoms. The van der Waals surface area contributed by atoms with Crippen molar-refractivity contribution in [3.8, 4) is 10.6 Å². The summed E-state index contributed by atoms with van der Waals surface area (Å²) >= 11 is 5.44. The maximum absolute atomic E-state index is 4.83. The SMILES string of the molecule is CCCc1nc(-c2ccc(C)cc2Br)sc1CNC. The van der Waals surface area contributed by atoms with E-state index in [0.717, 1.165) is 28.9 Å². The second-order valence-corrected chi connectivity index (χ2v) is 6.59. The van der Waals surface area contributed by atoms with Crippen molar-refractivity contribution in [2.45, 2.75) is 33.2 Å². The van der Waals surface area contributed by atoms with Gasteiger partial charge in [0.2, 0.25) is 0 Å². The van der Waals surface area contributed by atoms with Gasteiger partial charge in [-0.3, -0.25) is 0 Å². The van der Waals surface area contributed by atoms with Gasteiger partial charge in [-0.15, -0.1) is 11.3 Å². The van der Waals surface area contributed by atoms with Crippen LogP contribution in [0.4, 0.5) is 0 Å². The number of nitrogens with one attached hydrogen (secondary N) is 1. The molecule has 0 radical (unpaired) electrons. The van der Waals surface area contributed by atoms with Crippen molar-refractivity contribution in [2.24, 2.45) is 0 Å². The first-order valence-corrected chi connectivity index (χ1v) is 8.16. The van der Waals surface area contributed by atoms with Crippen LogP contribution in [0.5, 0.6) is 0 Å². The second-order valence-electron chi connectivity index (χ2n) is 4.65. The Bertz CT molecular complexity index is 540. The molecule has 2 rings (SSSR count). The predicted octanol–water partition coefficient (Wildman–Crippen LogP) is 4.55. The molecule has 1 aromatic heterocycles. The van der Waals surface area contributed by atoms with Gasteiger partial charge >= 0.3 is 0 Å². The summed E-state index contributed by atoms with van der Waals surface area (Å²) in [7, 11) is 1.98. The third kappa shape index (κ3) is 3.44. The van der Waals surface area contributed by atoms with Crippen LogP contribution in [0.2, 0.25) is 0 Å². The van der Waals surface area contributed by atoms with E-state index in [0.29, 0.717) is 0 Å². The maximum Gasteiger partial charge on any atom is 0.125 e. The smallest absolute Gasteiger partial charge is 0.125 e. The highest BCUT2D eigenvalue weighted by atomic mass is 79.9. The van der Waals surface area contributed by atoms with Gasteiger partial charge in [-0.2, -0.15) is 0 Å². The van der Waals surface area contributed by atoms with Crippen molar-refractivity contribution >= 4 is 27.3 Å². The molecule has 1 aromatic carbocycles. The molecular formula is C15H19BrN2S. The number of halogens is 1. The standard InChI is InChI=1S/C15H19BrN2S/c1-4-5-13-14(9-17-3)19-15(18-13)11-7-6-10(2)8-12(11)16/h6-8,17H,4-5,9H2,1-3H3. The van der Waals surface area contributed by atoms with Gasteiger partial charge in [-0.25, -0.2) is 4.98 Å². The van der Waals surface area contributed by atoms with E-state index in [1.165, 1.54) is 21.7 Å². The average Bonchev–Trinajstić information content (AvgIpc) is 2.73. The van der Waals surface area contributed by atoms with E-state index in [4.69, 9.17) is 4.98 Å². The van der Waals surface area contributed by atoms with E-state index in [-0.39, 0.29) is 0 Å². The van der Waals surface area contributed by atoms with E-state index in [1.54, 1.807) is 11.3 Å². The van der Waals surface area contributed by atoms with Crippen LogP contribution in [-0.2, 0) is 13.0 Å². The molecule has 0 unspecified atom stereocenters. The van der Waals surface area contributed by atoms with Crippen LogP contribution in [0.25, 0.3) is 10.6 Å². The number of nitrogens with zero attached hydrogens (tertiary/aromatic N) is 1. The lowest BCUT2D eigenvalue weighted by Gasteiger charge is -2.01. The minimum atomic E-state index is 0.899. The molecule has 0 fully saturated rings. The molecule has 0 saturated carbocycles. The summed E-state index contributed by atoms with van der Waals surface area (Å²) in [6.07, 6.45) is 2.19. The Balaban J connectivity index is 2.41. The van der Waals surface area contributed by atoms with Crippen LogP contribution in [0.3, 0.4) is 0 Å². The van der Waals surface area contributed by atoms with E-state index in [9.17, 15) is 0 Å². The maximum atomic E-state index is 4.83. The summed E-state index contributed by atoms with van der Waals surface area (Å²) in [5, 5.41) is 4.34. The topological polar surface area (TPSA) is 24.9 Å². The highest BCUT2D eigenvalue weighted by Crippen LogP contribution is 2.34. The minimum absolute atomic E-state index is 0.899. The summed E-state index contributed by atoms with van der Waals surface area (Å²) < 4.78 is 1.13. The lowest BCUT2D eigenvalue weighted by atomic mass is 10.1. The van der Waals surface area contributed by atoms with Gasteiger partial charge in [0.25, 0.3) is 0 Å². The van der Waals surface area contributed by atoms with Crippen molar-refractivity contribution in [3.05, 3.63) is 38.8 Å². The molecule has 0 aliphatic heterocycles. The van der Waals surface area contributed by atoms with Crippen molar-refractivity contribution < 1.29 is 0 Å². The molecule has 2 nitrogen and oxygen atoms in total. The van der Waals surface area contributed by atoms with Gasteiger partial charge in [0.15, 0.2) is 0 Å². The molecular weight excluding hydrogens is 320 g/mol. The monoisotopic (exact) mass is 338 g/mol. The minimum Gasteiger partial charge on any atom is -0.315 e. The number of rotatable bonds is 5. The quantitative estimate of drug-likeness (QED) is 0.864. The molecule has 0 aliphatic carbocycles. The summed E-state index contributed by atoms with van der Waals surface area (Å²) in [6, 6.07) is 6.43. The number of benzene rings is 1. The molecule has 2 aromatic rings. The highest BCUT2D eigenvalue weighted by molar-refractivity contribution is 9.10. The third-order valence-electron chi connectivity index (χ3n) is 2.96. The van der Waals surface area contributed by atoms with Crippen LogP contribution in [-0.4, -0.2) is 12.0 Å². The van der Waals surface area contributed by atoms with E-state index < -0.39 is 0 Å².